The van der Waals surface area contributed by atoms with Crippen LogP contribution in [-0.2, 0) is 5.41 Å². The lowest BCUT2D eigenvalue weighted by Crippen LogP contribution is -2.15. The van der Waals surface area contributed by atoms with Gasteiger partial charge in [0.1, 0.15) is 5.82 Å². The Balaban J connectivity index is 2.33. The van der Waals surface area contributed by atoms with E-state index in [4.69, 9.17) is 4.42 Å². The fraction of sp³-hybridized carbons (Fsp3) is 0.333. The average Bonchev–Trinajstić information content (AvgIpc) is 2.69. The Morgan fingerprint density at radius 2 is 1.73 bits per heavy atom. The second kappa shape index (κ2) is 3.50. The second-order valence-electron chi connectivity index (χ2n) is 4.56. The highest BCUT2D eigenvalue weighted by Gasteiger charge is 2.16. The molecular formula is C12H14N2O. The van der Waals surface area contributed by atoms with Gasteiger partial charge in [-0.15, -0.1) is 0 Å². The quantitative estimate of drug-likeness (QED) is 0.713. The molecule has 3 nitrogen and oxygen atoms in total. The van der Waals surface area contributed by atoms with Crippen molar-refractivity contribution < 1.29 is 4.42 Å². The topological polar surface area (TPSA) is 38.9 Å². The van der Waals surface area contributed by atoms with E-state index in [1.807, 2.05) is 18.5 Å². The molecule has 0 aromatic carbocycles. The first-order valence-corrected chi connectivity index (χ1v) is 4.92. The maximum Gasteiger partial charge on any atom is 0.133 e. The molecule has 0 saturated heterocycles. The molecule has 0 atom stereocenters. The van der Waals surface area contributed by atoms with Crippen molar-refractivity contribution in [3.05, 3.63) is 36.8 Å². The molecule has 15 heavy (non-hydrogen) atoms. The van der Waals surface area contributed by atoms with Gasteiger partial charge < -0.3 is 4.42 Å². The van der Waals surface area contributed by atoms with E-state index in [1.54, 1.807) is 12.5 Å². The molecule has 0 aliphatic rings. The van der Waals surface area contributed by atoms with Crippen molar-refractivity contribution in [3.63, 3.8) is 0 Å². The maximum absolute atomic E-state index is 5.01. The lowest BCUT2D eigenvalue weighted by atomic mass is 9.95. The van der Waals surface area contributed by atoms with Crippen LogP contribution in [-0.4, -0.2) is 9.97 Å². The summed E-state index contributed by atoms with van der Waals surface area (Å²) >= 11 is 0. The Labute approximate surface area is 89.2 Å². The summed E-state index contributed by atoms with van der Waals surface area (Å²) in [5, 5.41) is 0. The minimum Gasteiger partial charge on any atom is -0.472 e. The first-order chi connectivity index (χ1) is 7.07. The summed E-state index contributed by atoms with van der Waals surface area (Å²) in [4.78, 5) is 8.71. The van der Waals surface area contributed by atoms with Crippen molar-refractivity contribution in [1.82, 2.24) is 9.97 Å². The summed E-state index contributed by atoms with van der Waals surface area (Å²) in [6.07, 6.45) is 7.00. The number of hydrogen-bond donors (Lipinski definition) is 0. The Kier molecular flexibility index (Phi) is 2.31. The van der Waals surface area contributed by atoms with E-state index in [9.17, 15) is 0 Å². The Morgan fingerprint density at radius 1 is 1.07 bits per heavy atom. The summed E-state index contributed by atoms with van der Waals surface area (Å²) in [5.74, 6) is 0.856. The summed E-state index contributed by atoms with van der Waals surface area (Å²) < 4.78 is 5.01. The second-order valence-corrected chi connectivity index (χ2v) is 4.56. The summed E-state index contributed by atoms with van der Waals surface area (Å²) in [6, 6.07) is 1.90. The highest BCUT2D eigenvalue weighted by Crippen LogP contribution is 2.21. The Hall–Kier alpha value is -1.64. The van der Waals surface area contributed by atoms with Crippen molar-refractivity contribution in [3.8, 4) is 11.1 Å². The van der Waals surface area contributed by atoms with Gasteiger partial charge in [-0.1, -0.05) is 20.8 Å². The molecule has 0 aliphatic heterocycles. The number of rotatable bonds is 1. The van der Waals surface area contributed by atoms with E-state index in [0.717, 1.165) is 17.0 Å². The highest BCUT2D eigenvalue weighted by molar-refractivity contribution is 5.59. The van der Waals surface area contributed by atoms with E-state index in [0.29, 0.717) is 0 Å². The minimum atomic E-state index is -0.00503. The molecular weight excluding hydrogens is 188 g/mol. The van der Waals surface area contributed by atoms with Crippen LogP contribution < -0.4 is 0 Å². The molecule has 0 bridgehead atoms. The number of hydrogen-bond acceptors (Lipinski definition) is 3. The van der Waals surface area contributed by atoms with Crippen LogP contribution in [0.15, 0.2) is 35.4 Å². The molecule has 2 rings (SSSR count). The highest BCUT2D eigenvalue weighted by atomic mass is 16.3. The molecule has 0 unspecified atom stereocenters. The van der Waals surface area contributed by atoms with Crippen LogP contribution in [0.25, 0.3) is 11.1 Å². The largest absolute Gasteiger partial charge is 0.472 e. The molecule has 0 radical (unpaired) electrons. The molecule has 0 N–H and O–H groups in total. The van der Waals surface area contributed by atoms with Crippen molar-refractivity contribution in [2.45, 2.75) is 26.2 Å². The van der Waals surface area contributed by atoms with Crippen LogP contribution >= 0.6 is 0 Å². The number of furan rings is 1. The number of aromatic nitrogens is 2. The zero-order chi connectivity index (χ0) is 10.9. The summed E-state index contributed by atoms with van der Waals surface area (Å²) in [6.45, 7) is 6.29. The summed E-state index contributed by atoms with van der Waals surface area (Å²) in [7, 11) is 0. The van der Waals surface area contributed by atoms with Crippen LogP contribution in [0.2, 0.25) is 0 Å². The van der Waals surface area contributed by atoms with Gasteiger partial charge in [-0.05, 0) is 6.07 Å². The van der Waals surface area contributed by atoms with Gasteiger partial charge in [0.15, 0.2) is 0 Å². The van der Waals surface area contributed by atoms with Gasteiger partial charge in [0.25, 0.3) is 0 Å². The van der Waals surface area contributed by atoms with E-state index >= 15 is 0 Å². The van der Waals surface area contributed by atoms with Gasteiger partial charge in [-0.25, -0.2) is 9.97 Å². The van der Waals surface area contributed by atoms with Gasteiger partial charge in [0.05, 0.1) is 12.5 Å². The van der Waals surface area contributed by atoms with Crippen LogP contribution in [0.4, 0.5) is 0 Å². The third kappa shape index (κ3) is 2.06. The van der Waals surface area contributed by atoms with E-state index in [2.05, 4.69) is 30.7 Å². The predicted molar refractivity (Wildman–Crippen MR) is 58.4 cm³/mol. The molecule has 0 aliphatic carbocycles. The number of nitrogens with zero attached hydrogens (tertiary/aromatic N) is 2. The lowest BCUT2D eigenvalue weighted by Gasteiger charge is -2.15. The van der Waals surface area contributed by atoms with Crippen LogP contribution in [0, 0.1) is 0 Å². The van der Waals surface area contributed by atoms with Gasteiger partial charge in [0.2, 0.25) is 0 Å². The molecule has 2 aromatic heterocycles. The average molecular weight is 202 g/mol. The van der Waals surface area contributed by atoms with Crippen molar-refractivity contribution >= 4 is 0 Å². The molecule has 78 valence electrons. The van der Waals surface area contributed by atoms with Gasteiger partial charge >= 0.3 is 0 Å². The first kappa shape index (κ1) is 9.90. The van der Waals surface area contributed by atoms with Crippen molar-refractivity contribution in [2.75, 3.05) is 0 Å². The lowest BCUT2D eigenvalue weighted by molar-refractivity contribution is 0.545. The molecule has 0 saturated carbocycles. The molecule has 0 spiro atoms. The fourth-order valence-electron chi connectivity index (χ4n) is 1.29. The SMILES string of the molecule is CC(C)(C)c1ncc(-c2ccoc2)cn1. The van der Waals surface area contributed by atoms with E-state index in [1.165, 1.54) is 0 Å². The van der Waals surface area contributed by atoms with Gasteiger partial charge in [-0.2, -0.15) is 0 Å². The fourth-order valence-corrected chi connectivity index (χ4v) is 1.29. The van der Waals surface area contributed by atoms with E-state index < -0.39 is 0 Å². The molecule has 2 heterocycles. The van der Waals surface area contributed by atoms with Gasteiger partial charge in [-0.3, -0.25) is 0 Å². The molecule has 3 heteroatoms. The normalized spacial score (nSPS) is 11.7. The molecule has 0 fully saturated rings. The van der Waals surface area contributed by atoms with Crippen LogP contribution in [0.3, 0.4) is 0 Å². The maximum atomic E-state index is 5.01. The first-order valence-electron chi connectivity index (χ1n) is 4.92. The Morgan fingerprint density at radius 3 is 2.20 bits per heavy atom. The van der Waals surface area contributed by atoms with Crippen LogP contribution in [0.1, 0.15) is 26.6 Å². The van der Waals surface area contributed by atoms with Crippen molar-refractivity contribution in [2.24, 2.45) is 0 Å². The minimum absolute atomic E-state index is 0.00503. The summed E-state index contributed by atoms with van der Waals surface area (Å²) in [5.41, 5.74) is 1.99. The molecule has 0 amide bonds. The zero-order valence-electron chi connectivity index (χ0n) is 9.19. The smallest absolute Gasteiger partial charge is 0.133 e. The van der Waals surface area contributed by atoms with E-state index in [-0.39, 0.29) is 5.41 Å². The molecule has 2 aromatic rings. The Bertz CT molecular complexity index is 424. The monoisotopic (exact) mass is 202 g/mol. The van der Waals surface area contributed by atoms with Gasteiger partial charge in [0, 0.05) is 28.9 Å². The third-order valence-electron chi connectivity index (χ3n) is 2.18. The third-order valence-corrected chi connectivity index (χ3v) is 2.18. The zero-order valence-corrected chi connectivity index (χ0v) is 9.19. The van der Waals surface area contributed by atoms with Crippen molar-refractivity contribution in [1.29, 1.82) is 0 Å². The van der Waals surface area contributed by atoms with Crippen LogP contribution in [0.5, 0.6) is 0 Å². The predicted octanol–water partition coefficient (Wildman–Crippen LogP) is 3.03. The standard InChI is InChI=1S/C12H14N2O/c1-12(2,3)11-13-6-10(7-14-11)9-4-5-15-8-9/h4-8H,1-3H3.